The highest BCUT2D eigenvalue weighted by molar-refractivity contribution is 6.37. The van der Waals surface area contributed by atoms with Crippen molar-refractivity contribution in [1.29, 1.82) is 0 Å². The Morgan fingerprint density at radius 2 is 2.22 bits per heavy atom. The number of nitrogens with zero attached hydrogens (tertiary/aromatic N) is 3. The van der Waals surface area contributed by atoms with Gasteiger partial charge in [0.25, 0.3) is 5.91 Å². The van der Waals surface area contributed by atoms with Crippen molar-refractivity contribution in [3.63, 3.8) is 0 Å². The molecule has 2 heterocycles. The molecule has 0 aromatic heterocycles. The van der Waals surface area contributed by atoms with Crippen molar-refractivity contribution in [2.45, 2.75) is 46.8 Å². The van der Waals surface area contributed by atoms with Crippen molar-refractivity contribution in [1.82, 2.24) is 15.7 Å². The Balaban J connectivity index is 1.95. The predicted molar refractivity (Wildman–Crippen MR) is 130 cm³/mol. The fraction of sp³-hybridized carbons (Fsp3) is 0.375. The number of unbranched alkanes of at least 4 members (excludes halogenated alkanes) is 1. The molecule has 0 radical (unpaired) electrons. The topological polar surface area (TPSA) is 78.3 Å². The zero-order valence-corrected chi connectivity index (χ0v) is 19.8. The maximum absolute atomic E-state index is 13.4. The minimum Gasteiger partial charge on any atom is -0.370 e. The number of amidine groups is 2. The standard InChI is InChI=1S/C24H30ClN5O2/c1-6-9-12-26-15(4)27-23-17(7-2)13-20(24(31)30(23)8-3)19-11-10-18(14-21(19)25)22-28-16(5)32-29-22/h7,10-11,13-14,16,26H,4,6,8-9,12H2,1-3,5H3,(H,28,29)/b17-7-,27-23+. The summed E-state index contributed by atoms with van der Waals surface area (Å²) >= 11 is 6.61. The molecule has 2 aliphatic rings. The van der Waals surface area contributed by atoms with E-state index in [1.54, 1.807) is 11.0 Å². The number of carbonyl (C=O) groups excluding carboxylic acids is 1. The second-order valence-electron chi connectivity index (χ2n) is 7.51. The van der Waals surface area contributed by atoms with Gasteiger partial charge in [0.1, 0.15) is 11.7 Å². The number of carbonyl (C=O) groups is 1. The van der Waals surface area contributed by atoms with Crippen molar-refractivity contribution in [3.8, 4) is 0 Å². The number of hydrogen-bond donors (Lipinski definition) is 2. The summed E-state index contributed by atoms with van der Waals surface area (Å²) in [4.78, 5) is 29.3. The summed E-state index contributed by atoms with van der Waals surface area (Å²) in [5, 5.41) is 3.67. The molecular formula is C24H30ClN5O2. The zero-order valence-electron chi connectivity index (χ0n) is 19.0. The van der Waals surface area contributed by atoms with Crippen molar-refractivity contribution in [2.24, 2.45) is 9.98 Å². The van der Waals surface area contributed by atoms with Crippen LogP contribution in [0.2, 0.25) is 5.02 Å². The second-order valence-corrected chi connectivity index (χ2v) is 7.91. The Labute approximate surface area is 194 Å². The highest BCUT2D eigenvalue weighted by Gasteiger charge is 2.31. The Hall–Kier alpha value is -2.90. The SMILES string of the molecule is C=C(/N=C1\C(=C/C)C=C(c2ccc(C3=NC(C)ON3)cc2Cl)C(=O)N1CC)NCCCC. The largest absolute Gasteiger partial charge is 0.370 e. The number of aliphatic imine (C=N–C) groups is 2. The third-order valence-electron chi connectivity index (χ3n) is 5.19. The molecule has 1 aromatic rings. The zero-order chi connectivity index (χ0) is 23.3. The minimum atomic E-state index is -0.259. The molecule has 0 saturated heterocycles. The molecule has 0 fully saturated rings. The fourth-order valence-electron chi connectivity index (χ4n) is 3.47. The van der Waals surface area contributed by atoms with Gasteiger partial charge in [0, 0.05) is 40.4 Å². The van der Waals surface area contributed by atoms with E-state index in [0.29, 0.717) is 40.2 Å². The van der Waals surface area contributed by atoms with Gasteiger partial charge in [-0.1, -0.05) is 49.7 Å². The molecule has 1 aromatic carbocycles. The Bertz CT molecular complexity index is 1030. The molecule has 0 spiro atoms. The lowest BCUT2D eigenvalue weighted by molar-refractivity contribution is -0.121. The lowest BCUT2D eigenvalue weighted by atomic mass is 9.95. The number of benzene rings is 1. The second kappa shape index (κ2) is 10.6. The third kappa shape index (κ3) is 5.11. The Morgan fingerprint density at radius 1 is 1.44 bits per heavy atom. The van der Waals surface area contributed by atoms with Gasteiger partial charge in [0.2, 0.25) is 0 Å². The number of hydroxylamine groups is 1. The lowest BCUT2D eigenvalue weighted by Gasteiger charge is -2.30. The van der Waals surface area contributed by atoms with Gasteiger partial charge >= 0.3 is 0 Å². The minimum absolute atomic E-state index is 0.152. The Kier molecular flexibility index (Phi) is 7.88. The summed E-state index contributed by atoms with van der Waals surface area (Å²) in [5.41, 5.74) is 5.60. The first-order chi connectivity index (χ1) is 15.4. The van der Waals surface area contributed by atoms with Crippen molar-refractivity contribution < 1.29 is 9.63 Å². The molecule has 0 saturated carbocycles. The molecule has 1 amide bonds. The van der Waals surface area contributed by atoms with Crippen molar-refractivity contribution in [2.75, 3.05) is 13.1 Å². The van der Waals surface area contributed by atoms with E-state index >= 15 is 0 Å². The van der Waals surface area contributed by atoms with Gasteiger partial charge in [0.05, 0.1) is 0 Å². The lowest BCUT2D eigenvalue weighted by Crippen LogP contribution is -2.41. The maximum atomic E-state index is 13.4. The molecule has 32 heavy (non-hydrogen) atoms. The summed E-state index contributed by atoms with van der Waals surface area (Å²) in [6.07, 6.45) is 5.63. The molecule has 0 aliphatic carbocycles. The summed E-state index contributed by atoms with van der Waals surface area (Å²) in [6.45, 7) is 13.1. The molecule has 1 atom stereocenters. The predicted octanol–water partition coefficient (Wildman–Crippen LogP) is 4.42. The van der Waals surface area contributed by atoms with Crippen LogP contribution in [0.1, 0.15) is 51.7 Å². The smallest absolute Gasteiger partial charge is 0.260 e. The summed E-state index contributed by atoms with van der Waals surface area (Å²) in [7, 11) is 0. The number of amides is 1. The van der Waals surface area contributed by atoms with E-state index < -0.39 is 0 Å². The average Bonchev–Trinajstić information content (AvgIpc) is 3.21. The molecule has 2 aliphatic heterocycles. The van der Waals surface area contributed by atoms with E-state index in [4.69, 9.17) is 16.4 Å². The van der Waals surface area contributed by atoms with Gasteiger partial charge in [-0.05, 0) is 39.3 Å². The van der Waals surface area contributed by atoms with Crippen LogP contribution in [0.15, 0.2) is 58.3 Å². The van der Waals surface area contributed by atoms with Crippen molar-refractivity contribution in [3.05, 3.63) is 64.5 Å². The molecule has 8 heteroatoms. The van der Waals surface area contributed by atoms with Crippen LogP contribution in [0.3, 0.4) is 0 Å². The molecule has 7 nitrogen and oxygen atoms in total. The van der Waals surface area contributed by atoms with Gasteiger partial charge in [-0.2, -0.15) is 0 Å². The first-order valence-electron chi connectivity index (χ1n) is 10.9. The molecule has 170 valence electrons. The van der Waals surface area contributed by atoms with Gasteiger partial charge in [0.15, 0.2) is 12.1 Å². The fourth-order valence-corrected chi connectivity index (χ4v) is 3.75. The van der Waals surface area contributed by atoms with Crippen LogP contribution in [0.4, 0.5) is 0 Å². The number of likely N-dealkylation sites (N-methyl/N-ethyl adjacent to an activating group) is 1. The number of allylic oxidation sites excluding steroid dienone is 1. The van der Waals surface area contributed by atoms with E-state index in [1.807, 2.05) is 45.1 Å². The van der Waals surface area contributed by atoms with Crippen LogP contribution in [0.25, 0.3) is 5.57 Å². The maximum Gasteiger partial charge on any atom is 0.260 e. The van der Waals surface area contributed by atoms with Crippen LogP contribution >= 0.6 is 11.6 Å². The van der Waals surface area contributed by atoms with E-state index in [1.165, 1.54) is 0 Å². The third-order valence-corrected chi connectivity index (χ3v) is 5.50. The summed E-state index contributed by atoms with van der Waals surface area (Å²) < 4.78 is 0. The van der Waals surface area contributed by atoms with E-state index in [-0.39, 0.29) is 12.1 Å². The monoisotopic (exact) mass is 455 g/mol. The molecule has 3 rings (SSSR count). The highest BCUT2D eigenvalue weighted by Crippen LogP contribution is 2.32. The van der Waals surface area contributed by atoms with Crippen LogP contribution in [-0.2, 0) is 9.63 Å². The average molecular weight is 456 g/mol. The van der Waals surface area contributed by atoms with E-state index in [0.717, 1.165) is 30.5 Å². The van der Waals surface area contributed by atoms with Gasteiger partial charge in [-0.25, -0.2) is 20.3 Å². The van der Waals surface area contributed by atoms with Crippen LogP contribution in [0, 0.1) is 0 Å². The van der Waals surface area contributed by atoms with E-state index in [9.17, 15) is 4.79 Å². The summed E-state index contributed by atoms with van der Waals surface area (Å²) in [6, 6.07) is 5.49. The number of rotatable bonds is 8. The molecule has 0 bridgehead atoms. The normalized spacial score (nSPS) is 21.0. The van der Waals surface area contributed by atoms with Gasteiger partial charge in [-0.15, -0.1) is 0 Å². The number of halogens is 1. The molecule has 2 N–H and O–H groups in total. The Morgan fingerprint density at radius 3 is 2.81 bits per heavy atom. The van der Waals surface area contributed by atoms with Crippen LogP contribution in [-0.4, -0.2) is 41.8 Å². The number of hydrogen-bond acceptors (Lipinski definition) is 6. The van der Waals surface area contributed by atoms with Crippen LogP contribution < -0.4 is 10.8 Å². The van der Waals surface area contributed by atoms with Gasteiger partial charge in [-0.3, -0.25) is 9.69 Å². The molecule has 1 unspecified atom stereocenters. The highest BCUT2D eigenvalue weighted by atomic mass is 35.5. The molecular weight excluding hydrogens is 426 g/mol. The van der Waals surface area contributed by atoms with Crippen LogP contribution in [0.5, 0.6) is 0 Å². The quantitative estimate of drug-likeness (QED) is 0.569. The van der Waals surface area contributed by atoms with Crippen molar-refractivity contribution >= 4 is 34.8 Å². The number of nitrogens with one attached hydrogen (secondary N) is 2. The first-order valence-corrected chi connectivity index (χ1v) is 11.3. The van der Waals surface area contributed by atoms with E-state index in [2.05, 4.69) is 34.3 Å². The summed E-state index contributed by atoms with van der Waals surface area (Å²) in [5.74, 6) is 1.59. The van der Waals surface area contributed by atoms with Gasteiger partial charge < -0.3 is 5.32 Å². The first kappa shape index (κ1) is 23.8.